The number of hydrogen-bond acceptors (Lipinski definition) is 10. The largest absolute Gasteiger partial charge is 0.491 e. The van der Waals surface area contributed by atoms with Gasteiger partial charge < -0.3 is 48.4 Å². The Labute approximate surface area is 242 Å². The zero-order valence-corrected chi connectivity index (χ0v) is 24.8. The number of rotatable bonds is 32. The molecule has 0 saturated heterocycles. The van der Waals surface area contributed by atoms with Gasteiger partial charge in [-0.25, -0.2) is 0 Å². The fraction of sp³-hybridized carbons (Fsp3) is 0.800. The lowest BCUT2D eigenvalue weighted by atomic mass is 10.1. The lowest BCUT2D eigenvalue weighted by molar-refractivity contribution is -0.0236. The van der Waals surface area contributed by atoms with Gasteiger partial charge in [-0.1, -0.05) is 39.0 Å². The van der Waals surface area contributed by atoms with Crippen molar-refractivity contribution in [2.45, 2.75) is 45.4 Å². The van der Waals surface area contributed by atoms with Gasteiger partial charge in [0.05, 0.1) is 99.1 Å². The number of nitrogens with two attached hydrogens (primary N) is 1. The van der Waals surface area contributed by atoms with Crippen molar-refractivity contribution in [3.63, 3.8) is 0 Å². The molecule has 0 spiro atoms. The molecule has 0 aliphatic carbocycles. The van der Waals surface area contributed by atoms with Crippen molar-refractivity contribution in [3.8, 4) is 5.75 Å². The average molecular weight is 574 g/mol. The van der Waals surface area contributed by atoms with Crippen LogP contribution in [0.25, 0.3) is 0 Å². The lowest BCUT2D eigenvalue weighted by Gasteiger charge is -2.09. The Morgan fingerprint density at radius 1 is 0.400 bits per heavy atom. The molecule has 10 heteroatoms. The number of nitrogen functional groups attached to an aromatic ring is 1. The summed E-state index contributed by atoms with van der Waals surface area (Å²) in [6.07, 6.45) is 7.69. The summed E-state index contributed by atoms with van der Waals surface area (Å²) >= 11 is 0. The molecular weight excluding hydrogens is 518 g/mol. The van der Waals surface area contributed by atoms with Crippen LogP contribution >= 0.6 is 0 Å². The Balaban J connectivity index is 1.63. The molecule has 1 rings (SSSR count). The molecular formula is C30H55NO9. The van der Waals surface area contributed by atoms with E-state index in [0.29, 0.717) is 111 Å². The molecule has 1 aromatic rings. The number of anilines is 1. The first-order valence-corrected chi connectivity index (χ1v) is 14.9. The Bertz CT molecular complexity index is 622. The van der Waals surface area contributed by atoms with Gasteiger partial charge in [0.2, 0.25) is 0 Å². The van der Waals surface area contributed by atoms with Gasteiger partial charge in [-0.2, -0.15) is 0 Å². The second-order valence-electron chi connectivity index (χ2n) is 9.08. The molecule has 234 valence electrons. The SMILES string of the molecule is CCCCCCCCOCCOCCOCCOCCOCCOCCOCCOCCOc1ccc(N)cc1. The van der Waals surface area contributed by atoms with Crippen LogP contribution in [0.3, 0.4) is 0 Å². The summed E-state index contributed by atoms with van der Waals surface area (Å²) in [5.74, 6) is 0.778. The minimum absolute atomic E-state index is 0.483. The van der Waals surface area contributed by atoms with Crippen molar-refractivity contribution in [2.75, 3.05) is 118 Å². The molecule has 0 aromatic heterocycles. The van der Waals surface area contributed by atoms with Crippen molar-refractivity contribution in [2.24, 2.45) is 0 Å². The number of hydrogen-bond donors (Lipinski definition) is 1. The van der Waals surface area contributed by atoms with Gasteiger partial charge in [0.15, 0.2) is 0 Å². The highest BCUT2D eigenvalue weighted by Gasteiger charge is 1.97. The van der Waals surface area contributed by atoms with Crippen molar-refractivity contribution >= 4 is 5.69 Å². The maximum atomic E-state index is 5.64. The summed E-state index contributed by atoms with van der Waals surface area (Å²) in [5.41, 5.74) is 6.35. The topological polar surface area (TPSA) is 109 Å². The summed E-state index contributed by atoms with van der Waals surface area (Å²) in [4.78, 5) is 0. The highest BCUT2D eigenvalue weighted by molar-refractivity contribution is 5.41. The molecule has 0 aliphatic heterocycles. The molecule has 0 heterocycles. The average Bonchev–Trinajstić information content (AvgIpc) is 2.97. The fourth-order valence-corrected chi connectivity index (χ4v) is 3.41. The first kappa shape index (κ1) is 36.5. The summed E-state index contributed by atoms with van der Waals surface area (Å²) in [6.45, 7) is 11.7. The zero-order chi connectivity index (χ0) is 28.6. The maximum absolute atomic E-state index is 5.64. The third-order valence-electron chi connectivity index (χ3n) is 5.62. The van der Waals surface area contributed by atoms with E-state index in [4.69, 9.17) is 48.4 Å². The van der Waals surface area contributed by atoms with E-state index in [1.165, 1.54) is 32.1 Å². The Morgan fingerprint density at radius 3 is 1.12 bits per heavy atom. The van der Waals surface area contributed by atoms with E-state index >= 15 is 0 Å². The van der Waals surface area contributed by atoms with Gasteiger partial charge in [0.1, 0.15) is 12.4 Å². The third kappa shape index (κ3) is 26.7. The van der Waals surface area contributed by atoms with Crippen LogP contribution in [-0.2, 0) is 37.9 Å². The number of benzene rings is 1. The van der Waals surface area contributed by atoms with Gasteiger partial charge in [0.25, 0.3) is 0 Å². The molecule has 0 aliphatic rings. The van der Waals surface area contributed by atoms with E-state index < -0.39 is 0 Å². The van der Waals surface area contributed by atoms with Crippen molar-refractivity contribution in [3.05, 3.63) is 24.3 Å². The van der Waals surface area contributed by atoms with E-state index in [9.17, 15) is 0 Å². The van der Waals surface area contributed by atoms with Crippen LogP contribution in [0.5, 0.6) is 5.75 Å². The third-order valence-corrected chi connectivity index (χ3v) is 5.62. The van der Waals surface area contributed by atoms with Crippen LogP contribution in [0.1, 0.15) is 45.4 Å². The molecule has 0 atom stereocenters. The Hall–Kier alpha value is -1.50. The second kappa shape index (κ2) is 30.5. The maximum Gasteiger partial charge on any atom is 0.119 e. The number of unbranched alkanes of at least 4 members (excludes halogenated alkanes) is 5. The van der Waals surface area contributed by atoms with Gasteiger partial charge in [-0.15, -0.1) is 0 Å². The molecule has 2 N–H and O–H groups in total. The number of ether oxygens (including phenoxy) is 9. The van der Waals surface area contributed by atoms with Gasteiger partial charge in [-0.3, -0.25) is 0 Å². The first-order valence-electron chi connectivity index (χ1n) is 14.9. The van der Waals surface area contributed by atoms with Gasteiger partial charge >= 0.3 is 0 Å². The van der Waals surface area contributed by atoms with Gasteiger partial charge in [-0.05, 0) is 30.7 Å². The molecule has 0 radical (unpaired) electrons. The minimum atomic E-state index is 0.483. The Kier molecular flexibility index (Phi) is 27.8. The normalized spacial score (nSPS) is 11.3. The van der Waals surface area contributed by atoms with Crippen molar-refractivity contribution in [1.82, 2.24) is 0 Å². The van der Waals surface area contributed by atoms with E-state index in [1.807, 2.05) is 12.1 Å². The monoisotopic (exact) mass is 573 g/mol. The predicted molar refractivity (Wildman–Crippen MR) is 156 cm³/mol. The fourth-order valence-electron chi connectivity index (χ4n) is 3.41. The quantitative estimate of drug-likeness (QED) is 0.0998. The molecule has 0 bridgehead atoms. The summed E-state index contributed by atoms with van der Waals surface area (Å²) < 4.78 is 49.5. The van der Waals surface area contributed by atoms with E-state index in [0.717, 1.165) is 18.8 Å². The van der Waals surface area contributed by atoms with E-state index in [2.05, 4.69) is 6.92 Å². The molecule has 10 nitrogen and oxygen atoms in total. The van der Waals surface area contributed by atoms with Crippen LogP contribution in [0.4, 0.5) is 5.69 Å². The Morgan fingerprint density at radius 2 is 0.725 bits per heavy atom. The standard InChI is InChI=1S/C30H55NO9/c1-2-3-4-5-6-7-12-32-13-14-33-15-16-34-17-18-35-19-20-36-21-22-37-23-24-38-25-26-39-27-28-40-30-10-8-29(31)9-11-30/h8-11H,2-7,12-28,31H2,1H3. The summed E-state index contributed by atoms with van der Waals surface area (Å²) in [5, 5.41) is 0. The van der Waals surface area contributed by atoms with Crippen LogP contribution in [0.2, 0.25) is 0 Å². The van der Waals surface area contributed by atoms with E-state index in [-0.39, 0.29) is 0 Å². The summed E-state index contributed by atoms with van der Waals surface area (Å²) in [7, 11) is 0. The smallest absolute Gasteiger partial charge is 0.119 e. The first-order chi connectivity index (χ1) is 19.8. The summed E-state index contributed by atoms with van der Waals surface area (Å²) in [6, 6.07) is 7.28. The van der Waals surface area contributed by atoms with Crippen LogP contribution in [0, 0.1) is 0 Å². The van der Waals surface area contributed by atoms with Crippen LogP contribution < -0.4 is 10.5 Å². The lowest BCUT2D eigenvalue weighted by Crippen LogP contribution is -2.15. The molecule has 0 unspecified atom stereocenters. The molecule has 0 amide bonds. The minimum Gasteiger partial charge on any atom is -0.491 e. The zero-order valence-electron chi connectivity index (χ0n) is 24.8. The second-order valence-corrected chi connectivity index (χ2v) is 9.08. The van der Waals surface area contributed by atoms with Crippen LogP contribution in [0.15, 0.2) is 24.3 Å². The molecule has 0 saturated carbocycles. The van der Waals surface area contributed by atoms with Crippen molar-refractivity contribution in [1.29, 1.82) is 0 Å². The van der Waals surface area contributed by atoms with Crippen molar-refractivity contribution < 1.29 is 42.6 Å². The molecule has 40 heavy (non-hydrogen) atoms. The highest BCUT2D eigenvalue weighted by atomic mass is 16.6. The predicted octanol–water partition coefficient (Wildman–Crippen LogP) is 4.14. The van der Waals surface area contributed by atoms with Crippen LogP contribution in [-0.4, -0.2) is 112 Å². The van der Waals surface area contributed by atoms with E-state index in [1.54, 1.807) is 12.1 Å². The van der Waals surface area contributed by atoms with Gasteiger partial charge in [0, 0.05) is 12.3 Å². The molecule has 1 aromatic carbocycles. The highest BCUT2D eigenvalue weighted by Crippen LogP contribution is 2.12. The molecule has 0 fully saturated rings.